The molecule has 0 aromatic rings. The minimum absolute atomic E-state index is 0.0942. The second-order valence-electron chi connectivity index (χ2n) is 6.71. The van der Waals surface area contributed by atoms with E-state index < -0.39 is 23.3 Å². The second kappa shape index (κ2) is 10.3. The first-order chi connectivity index (χ1) is 12.6. The molecule has 1 aliphatic rings. The number of nitrogens with one attached hydrogen (secondary N) is 1. The van der Waals surface area contributed by atoms with E-state index in [4.69, 9.17) is 4.74 Å². The van der Waals surface area contributed by atoms with E-state index in [1.807, 2.05) is 6.92 Å². The van der Waals surface area contributed by atoms with E-state index in [2.05, 4.69) is 5.32 Å². The largest absolute Gasteiger partial charge is 0.477 e. The molecule has 9 heteroatoms. The number of aliphatic carboxylic acids is 1. The van der Waals surface area contributed by atoms with Crippen LogP contribution in [0.3, 0.4) is 0 Å². The Balaban J connectivity index is 2.88. The van der Waals surface area contributed by atoms with Crippen LogP contribution in [0, 0.1) is 0 Å². The Bertz CT molecular complexity index is 627. The van der Waals surface area contributed by atoms with Gasteiger partial charge in [0, 0.05) is 12.2 Å². The van der Waals surface area contributed by atoms with Gasteiger partial charge >= 0.3 is 11.9 Å². The minimum atomic E-state index is -1.20. The number of carbonyl (C=O) groups is 4. The van der Waals surface area contributed by atoms with Gasteiger partial charge < -0.3 is 15.2 Å². The lowest BCUT2D eigenvalue weighted by atomic mass is 10.0. The fraction of sp³-hybridized carbons (Fsp3) is 0.667. The standard InChI is InChI=1S/C18H28N2O6S/c1-6-7-12(21)19-14-16(23)20(15(10(2)3)18(24)25)17(14)27-9-8-13(22)26-11(4)5/h11,14,17H,6-9H2,1-5H3,(H,19,21)(H,24,25). The van der Waals surface area contributed by atoms with Gasteiger partial charge in [-0.1, -0.05) is 6.92 Å². The molecule has 1 saturated heterocycles. The number of nitrogens with zero attached hydrogens (tertiary/aromatic N) is 1. The van der Waals surface area contributed by atoms with Crippen LogP contribution in [0.5, 0.6) is 0 Å². The zero-order valence-electron chi connectivity index (χ0n) is 16.4. The van der Waals surface area contributed by atoms with Crippen molar-refractivity contribution < 1.29 is 29.0 Å². The summed E-state index contributed by atoms with van der Waals surface area (Å²) >= 11 is 1.25. The fourth-order valence-corrected chi connectivity index (χ4v) is 3.88. The summed E-state index contributed by atoms with van der Waals surface area (Å²) < 4.78 is 5.07. The van der Waals surface area contributed by atoms with E-state index in [-0.39, 0.29) is 36.5 Å². The zero-order valence-corrected chi connectivity index (χ0v) is 17.2. The maximum atomic E-state index is 12.5. The maximum absolute atomic E-state index is 12.5. The minimum Gasteiger partial charge on any atom is -0.477 e. The van der Waals surface area contributed by atoms with E-state index in [1.165, 1.54) is 16.7 Å². The van der Waals surface area contributed by atoms with E-state index in [1.54, 1.807) is 27.7 Å². The summed E-state index contributed by atoms with van der Waals surface area (Å²) in [6, 6.07) is -0.802. The number of carbonyl (C=O) groups excluding carboxylic acids is 3. The first-order valence-electron chi connectivity index (χ1n) is 8.94. The lowest BCUT2D eigenvalue weighted by molar-refractivity contribution is -0.150. The highest BCUT2D eigenvalue weighted by molar-refractivity contribution is 8.00. The van der Waals surface area contributed by atoms with Crippen molar-refractivity contribution in [2.45, 2.75) is 71.4 Å². The summed E-state index contributed by atoms with van der Waals surface area (Å²) in [6.45, 7) is 8.59. The Kier molecular flexibility index (Phi) is 8.81. The number of likely N-dealkylation sites (tertiary alicyclic amines) is 1. The van der Waals surface area contributed by atoms with Gasteiger partial charge in [-0.05, 0) is 39.7 Å². The van der Waals surface area contributed by atoms with Crippen LogP contribution in [0.15, 0.2) is 11.3 Å². The molecule has 2 N–H and O–H groups in total. The highest BCUT2D eigenvalue weighted by atomic mass is 32.2. The van der Waals surface area contributed by atoms with Crippen molar-refractivity contribution in [1.82, 2.24) is 10.2 Å². The molecule has 2 atom stereocenters. The van der Waals surface area contributed by atoms with Crippen molar-refractivity contribution in [1.29, 1.82) is 0 Å². The monoisotopic (exact) mass is 400 g/mol. The molecule has 2 amide bonds. The van der Waals surface area contributed by atoms with Crippen molar-refractivity contribution in [3.63, 3.8) is 0 Å². The van der Waals surface area contributed by atoms with Crippen LogP contribution in [-0.4, -0.2) is 57.0 Å². The fourth-order valence-electron chi connectivity index (χ4n) is 2.62. The Hall–Kier alpha value is -2.03. The second-order valence-corrected chi connectivity index (χ2v) is 7.93. The quantitative estimate of drug-likeness (QED) is 0.327. The van der Waals surface area contributed by atoms with Gasteiger partial charge in [-0.15, -0.1) is 11.8 Å². The normalized spacial score (nSPS) is 18.7. The molecule has 1 fully saturated rings. The third-order valence-corrected chi connectivity index (χ3v) is 4.98. The highest BCUT2D eigenvalue weighted by Crippen LogP contribution is 2.35. The number of carboxylic acids is 1. The van der Waals surface area contributed by atoms with Gasteiger partial charge in [-0.2, -0.15) is 0 Å². The third-order valence-electron chi connectivity index (χ3n) is 3.72. The number of amides is 2. The molecule has 1 rings (SSSR count). The molecule has 0 bridgehead atoms. The number of allylic oxidation sites excluding steroid dienone is 1. The van der Waals surface area contributed by atoms with Crippen LogP contribution in [0.4, 0.5) is 0 Å². The topological polar surface area (TPSA) is 113 Å². The van der Waals surface area contributed by atoms with Crippen molar-refractivity contribution in [2.75, 3.05) is 5.75 Å². The molecule has 0 aromatic carbocycles. The molecular formula is C18H28N2O6S. The van der Waals surface area contributed by atoms with E-state index >= 15 is 0 Å². The summed E-state index contributed by atoms with van der Waals surface area (Å²) in [4.78, 5) is 48.9. The molecule has 0 radical (unpaired) electrons. The summed E-state index contributed by atoms with van der Waals surface area (Å²) in [6.07, 6.45) is 0.850. The van der Waals surface area contributed by atoms with Gasteiger partial charge in [0.15, 0.2) is 0 Å². The number of hydrogen-bond acceptors (Lipinski definition) is 6. The number of ether oxygens (including phenoxy) is 1. The van der Waals surface area contributed by atoms with Gasteiger partial charge in [0.2, 0.25) is 5.91 Å². The van der Waals surface area contributed by atoms with Crippen molar-refractivity contribution >= 4 is 35.5 Å². The average molecular weight is 400 g/mol. The summed E-state index contributed by atoms with van der Waals surface area (Å²) in [5.74, 6) is -1.93. The molecule has 8 nitrogen and oxygen atoms in total. The Morgan fingerprint density at radius 2 is 1.89 bits per heavy atom. The Morgan fingerprint density at radius 3 is 2.37 bits per heavy atom. The van der Waals surface area contributed by atoms with Crippen LogP contribution < -0.4 is 5.32 Å². The zero-order chi connectivity index (χ0) is 20.7. The summed E-state index contributed by atoms with van der Waals surface area (Å²) in [5, 5.41) is 11.5. The van der Waals surface area contributed by atoms with Crippen LogP contribution in [0.25, 0.3) is 0 Å². The number of rotatable bonds is 10. The number of β-lactam (4-membered cyclic amide) rings is 1. The molecule has 0 saturated carbocycles. The molecule has 1 aliphatic heterocycles. The van der Waals surface area contributed by atoms with Crippen molar-refractivity contribution in [3.05, 3.63) is 11.3 Å². The SMILES string of the molecule is CCCC(=O)NC1C(=O)N(C(C(=O)O)=C(C)C)C1SCCC(=O)OC(C)C. The average Bonchev–Trinajstić information content (AvgIpc) is 2.54. The first kappa shape index (κ1) is 23.0. The van der Waals surface area contributed by atoms with Crippen LogP contribution in [0.1, 0.15) is 53.9 Å². The number of carboxylic acid groups (broad SMARTS) is 1. The van der Waals surface area contributed by atoms with Crippen molar-refractivity contribution in [3.8, 4) is 0 Å². The van der Waals surface area contributed by atoms with Crippen molar-refractivity contribution in [2.24, 2.45) is 0 Å². The molecule has 27 heavy (non-hydrogen) atoms. The maximum Gasteiger partial charge on any atom is 0.352 e. The molecule has 152 valence electrons. The van der Waals surface area contributed by atoms with E-state index in [0.29, 0.717) is 17.7 Å². The molecule has 2 unspecified atom stereocenters. The predicted octanol–water partition coefficient (Wildman–Crippen LogP) is 1.89. The van der Waals surface area contributed by atoms with Crippen LogP contribution >= 0.6 is 11.8 Å². The lowest BCUT2D eigenvalue weighted by Gasteiger charge is -2.47. The summed E-state index contributed by atoms with van der Waals surface area (Å²) in [7, 11) is 0. The van der Waals surface area contributed by atoms with Gasteiger partial charge in [-0.3, -0.25) is 19.3 Å². The lowest BCUT2D eigenvalue weighted by Crippen LogP contribution is -2.69. The molecule has 0 aliphatic carbocycles. The predicted molar refractivity (Wildman–Crippen MR) is 102 cm³/mol. The molecule has 0 aromatic heterocycles. The Morgan fingerprint density at radius 1 is 1.26 bits per heavy atom. The molecule has 1 heterocycles. The van der Waals surface area contributed by atoms with Gasteiger partial charge in [0.25, 0.3) is 5.91 Å². The van der Waals surface area contributed by atoms with Crippen LogP contribution in [0.2, 0.25) is 0 Å². The van der Waals surface area contributed by atoms with Gasteiger partial charge in [0.05, 0.1) is 12.5 Å². The smallest absolute Gasteiger partial charge is 0.352 e. The number of thioether (sulfide) groups is 1. The third kappa shape index (κ3) is 6.27. The van der Waals surface area contributed by atoms with Gasteiger partial charge in [-0.25, -0.2) is 4.79 Å². The summed E-state index contributed by atoms with van der Waals surface area (Å²) in [5.41, 5.74) is 0.391. The first-order valence-corrected chi connectivity index (χ1v) is 9.99. The highest BCUT2D eigenvalue weighted by Gasteiger charge is 2.51. The molecule has 0 spiro atoms. The molecular weight excluding hydrogens is 372 g/mol. The number of hydrogen-bond donors (Lipinski definition) is 2. The number of esters is 1. The van der Waals surface area contributed by atoms with E-state index in [9.17, 15) is 24.3 Å². The Labute approximate surface area is 163 Å². The van der Waals surface area contributed by atoms with E-state index in [0.717, 1.165) is 0 Å². The van der Waals surface area contributed by atoms with Crippen LogP contribution in [-0.2, 0) is 23.9 Å². The van der Waals surface area contributed by atoms with Gasteiger partial charge in [0.1, 0.15) is 17.1 Å².